The average molecular weight is 241 g/mol. The number of hydrogen-bond acceptors (Lipinski definition) is 5. The summed E-state index contributed by atoms with van der Waals surface area (Å²) in [6.07, 6.45) is 2.84. The molecule has 1 unspecified atom stereocenters. The van der Waals surface area contributed by atoms with Gasteiger partial charge in [0.2, 0.25) is 0 Å². The molecule has 2 heterocycles. The molecule has 17 heavy (non-hydrogen) atoms. The summed E-state index contributed by atoms with van der Waals surface area (Å²) in [5.41, 5.74) is 0.672. The van der Waals surface area contributed by atoms with Gasteiger partial charge in [-0.2, -0.15) is 4.68 Å². The second-order valence-corrected chi connectivity index (χ2v) is 3.98. The largest absolute Gasteiger partial charge is 0.390 e. The van der Waals surface area contributed by atoms with E-state index in [0.29, 0.717) is 5.69 Å². The number of rotatable bonds is 4. The third kappa shape index (κ3) is 3.01. The molecule has 0 aliphatic carbocycles. The van der Waals surface area contributed by atoms with Crippen molar-refractivity contribution < 1.29 is 14.4 Å². The Hall–Kier alpha value is -1.47. The molecule has 0 radical (unpaired) electrons. The molecule has 1 aromatic heterocycles. The van der Waals surface area contributed by atoms with Crippen molar-refractivity contribution in [2.75, 3.05) is 6.61 Å². The van der Waals surface area contributed by atoms with E-state index in [4.69, 9.17) is 9.47 Å². The molecule has 2 rings (SSSR count). The van der Waals surface area contributed by atoms with Crippen LogP contribution < -0.4 is 0 Å². The molecule has 1 aromatic rings. The van der Waals surface area contributed by atoms with Gasteiger partial charge < -0.3 is 19.6 Å². The number of ether oxygens (including phenoxy) is 2. The summed E-state index contributed by atoms with van der Waals surface area (Å²) in [7, 11) is 1.66. The number of hydrogen-bond donors (Lipinski definition) is 0. The molecule has 0 N–H and O–H groups in total. The van der Waals surface area contributed by atoms with Crippen molar-refractivity contribution in [2.24, 2.45) is 7.05 Å². The van der Waals surface area contributed by atoms with Gasteiger partial charge in [0, 0.05) is 6.61 Å². The Bertz CT molecular complexity index is 398. The molecular weight excluding hydrogens is 226 g/mol. The molecular formula is C10H15N3O4. The van der Waals surface area contributed by atoms with Crippen LogP contribution in [0, 0.1) is 10.1 Å². The van der Waals surface area contributed by atoms with Crippen LogP contribution in [-0.4, -0.2) is 27.6 Å². The second-order valence-electron chi connectivity index (χ2n) is 3.98. The van der Waals surface area contributed by atoms with Crippen molar-refractivity contribution in [3.63, 3.8) is 0 Å². The van der Waals surface area contributed by atoms with Gasteiger partial charge in [-0.25, -0.2) is 0 Å². The molecule has 7 nitrogen and oxygen atoms in total. The quantitative estimate of drug-likeness (QED) is 0.587. The summed E-state index contributed by atoms with van der Waals surface area (Å²) in [4.78, 5) is 10.0. The average Bonchev–Trinajstić information content (AvgIpc) is 2.70. The summed E-state index contributed by atoms with van der Waals surface area (Å²) in [6, 6.07) is 1.42. The minimum Gasteiger partial charge on any atom is -0.358 e. The van der Waals surface area contributed by atoms with Gasteiger partial charge in [0.05, 0.1) is 30.5 Å². The van der Waals surface area contributed by atoms with Gasteiger partial charge in [-0.15, -0.1) is 0 Å². The molecule has 1 aliphatic heterocycles. The maximum Gasteiger partial charge on any atom is 0.390 e. The summed E-state index contributed by atoms with van der Waals surface area (Å²) in [6.45, 7) is 0.998. The Morgan fingerprint density at radius 1 is 1.71 bits per heavy atom. The molecule has 0 saturated carbocycles. The van der Waals surface area contributed by atoms with E-state index in [2.05, 4.69) is 5.10 Å². The molecule has 0 bridgehead atoms. The van der Waals surface area contributed by atoms with Crippen LogP contribution >= 0.6 is 0 Å². The molecule has 0 amide bonds. The Morgan fingerprint density at radius 2 is 2.53 bits per heavy atom. The zero-order valence-electron chi connectivity index (χ0n) is 9.66. The lowest BCUT2D eigenvalue weighted by molar-refractivity contribution is -0.389. The first-order chi connectivity index (χ1) is 8.16. The van der Waals surface area contributed by atoms with Crippen molar-refractivity contribution in [2.45, 2.75) is 32.2 Å². The van der Waals surface area contributed by atoms with Crippen molar-refractivity contribution >= 4 is 5.82 Å². The van der Waals surface area contributed by atoms with Crippen LogP contribution in [0.1, 0.15) is 25.0 Å². The van der Waals surface area contributed by atoms with E-state index in [1.165, 1.54) is 10.7 Å². The summed E-state index contributed by atoms with van der Waals surface area (Å²) < 4.78 is 12.4. The maximum absolute atomic E-state index is 10.5. The number of nitro groups is 1. The van der Waals surface area contributed by atoms with Gasteiger partial charge in [-0.05, 0) is 24.2 Å². The third-order valence-corrected chi connectivity index (χ3v) is 2.71. The van der Waals surface area contributed by atoms with Crippen LogP contribution in [-0.2, 0) is 23.1 Å². The molecule has 7 heteroatoms. The van der Waals surface area contributed by atoms with Crippen molar-refractivity contribution in [1.29, 1.82) is 0 Å². The lowest BCUT2D eigenvalue weighted by atomic mass is 10.2. The molecule has 94 valence electrons. The van der Waals surface area contributed by atoms with Crippen LogP contribution in [0.3, 0.4) is 0 Å². The smallest absolute Gasteiger partial charge is 0.358 e. The molecule has 1 atom stereocenters. The van der Waals surface area contributed by atoms with E-state index in [9.17, 15) is 10.1 Å². The minimum absolute atomic E-state index is 0.157. The molecule has 1 aliphatic rings. The second kappa shape index (κ2) is 5.24. The first kappa shape index (κ1) is 12.0. The van der Waals surface area contributed by atoms with Crippen LogP contribution in [0.5, 0.6) is 0 Å². The van der Waals surface area contributed by atoms with Gasteiger partial charge >= 0.3 is 5.82 Å². The van der Waals surface area contributed by atoms with Crippen LogP contribution in [0.2, 0.25) is 0 Å². The van der Waals surface area contributed by atoms with E-state index >= 15 is 0 Å². The topological polar surface area (TPSA) is 79.4 Å². The summed E-state index contributed by atoms with van der Waals surface area (Å²) in [5, 5.41) is 14.3. The standard InChI is InChI=1S/C10H15N3O4/c1-12-8(6-9(11-12)13(14)15)7-17-10-4-2-3-5-16-10/h6,10H,2-5,7H2,1H3. The number of nitrogens with zero attached hydrogens (tertiary/aromatic N) is 3. The molecule has 1 saturated heterocycles. The van der Waals surface area contributed by atoms with E-state index in [1.54, 1.807) is 7.05 Å². The highest BCUT2D eigenvalue weighted by Gasteiger charge is 2.18. The minimum atomic E-state index is -0.513. The zero-order chi connectivity index (χ0) is 12.3. The number of aromatic nitrogens is 2. The van der Waals surface area contributed by atoms with Crippen LogP contribution in [0.25, 0.3) is 0 Å². The van der Waals surface area contributed by atoms with Gasteiger partial charge in [-0.1, -0.05) is 0 Å². The normalized spacial score (nSPS) is 20.4. The van der Waals surface area contributed by atoms with E-state index in [1.807, 2.05) is 0 Å². The Kier molecular flexibility index (Phi) is 3.70. The highest BCUT2D eigenvalue weighted by atomic mass is 16.7. The lowest BCUT2D eigenvalue weighted by Crippen LogP contribution is -2.22. The molecule has 1 fully saturated rings. The summed E-state index contributed by atoms with van der Waals surface area (Å²) in [5.74, 6) is -0.157. The van der Waals surface area contributed by atoms with Crippen LogP contribution in [0.15, 0.2) is 6.07 Å². The van der Waals surface area contributed by atoms with Gasteiger partial charge in [0.1, 0.15) is 0 Å². The van der Waals surface area contributed by atoms with E-state index in [-0.39, 0.29) is 18.7 Å². The van der Waals surface area contributed by atoms with Gasteiger partial charge in [0.15, 0.2) is 6.29 Å². The third-order valence-electron chi connectivity index (χ3n) is 2.71. The Morgan fingerprint density at radius 3 is 3.12 bits per heavy atom. The fraction of sp³-hybridized carbons (Fsp3) is 0.700. The fourth-order valence-corrected chi connectivity index (χ4v) is 1.73. The SMILES string of the molecule is Cn1nc([N+](=O)[O-])cc1COC1CCCCO1. The van der Waals surface area contributed by atoms with Gasteiger partial charge in [-0.3, -0.25) is 0 Å². The zero-order valence-corrected chi connectivity index (χ0v) is 9.66. The van der Waals surface area contributed by atoms with E-state index in [0.717, 1.165) is 25.9 Å². The van der Waals surface area contributed by atoms with Crippen molar-refractivity contribution in [3.8, 4) is 0 Å². The van der Waals surface area contributed by atoms with Crippen LogP contribution in [0.4, 0.5) is 5.82 Å². The van der Waals surface area contributed by atoms with E-state index < -0.39 is 4.92 Å². The fourth-order valence-electron chi connectivity index (χ4n) is 1.73. The Labute approximate surface area is 98.5 Å². The van der Waals surface area contributed by atoms with Gasteiger partial charge in [0.25, 0.3) is 0 Å². The Balaban J connectivity index is 1.91. The molecule has 0 aromatic carbocycles. The van der Waals surface area contributed by atoms with Crippen molar-refractivity contribution in [3.05, 3.63) is 21.9 Å². The predicted molar refractivity (Wildman–Crippen MR) is 58.2 cm³/mol. The number of aryl methyl sites for hydroxylation is 1. The monoisotopic (exact) mass is 241 g/mol. The first-order valence-electron chi connectivity index (χ1n) is 5.57. The maximum atomic E-state index is 10.5. The first-order valence-corrected chi connectivity index (χ1v) is 5.57. The lowest BCUT2D eigenvalue weighted by Gasteiger charge is -2.22. The summed E-state index contributed by atoms with van der Waals surface area (Å²) >= 11 is 0. The highest BCUT2D eigenvalue weighted by molar-refractivity contribution is 5.21. The predicted octanol–water partition coefficient (Wildman–Crippen LogP) is 1.37. The highest BCUT2D eigenvalue weighted by Crippen LogP contribution is 2.17. The van der Waals surface area contributed by atoms with Crippen molar-refractivity contribution in [1.82, 2.24) is 9.78 Å². The molecule has 0 spiro atoms.